The molecule has 3 aromatic carbocycles. The summed E-state index contributed by atoms with van der Waals surface area (Å²) >= 11 is 0. The Morgan fingerprint density at radius 1 is 0.878 bits per heavy atom. The van der Waals surface area contributed by atoms with Crippen molar-refractivity contribution < 1.29 is 19.1 Å². The first-order chi connectivity index (χ1) is 19.7. The molecular formula is C32H37N5O4. The van der Waals surface area contributed by atoms with Gasteiger partial charge in [-0.1, -0.05) is 36.4 Å². The average Bonchev–Trinajstić information content (AvgIpc) is 3.29. The number of likely N-dealkylation sites (N-methyl/N-ethyl adjacent to an activating group) is 3. The van der Waals surface area contributed by atoms with Crippen molar-refractivity contribution in [3.8, 4) is 0 Å². The molecular weight excluding hydrogens is 518 g/mol. The molecule has 0 atom stereocenters. The van der Waals surface area contributed by atoms with Crippen molar-refractivity contribution in [1.82, 2.24) is 9.80 Å². The maximum Gasteiger partial charge on any atom is 0.338 e. The van der Waals surface area contributed by atoms with Gasteiger partial charge in [-0.2, -0.15) is 0 Å². The summed E-state index contributed by atoms with van der Waals surface area (Å²) in [6, 6.07) is 22.2. The van der Waals surface area contributed by atoms with Gasteiger partial charge in [-0.05, 0) is 70.0 Å². The van der Waals surface area contributed by atoms with Crippen LogP contribution < -0.4 is 15.5 Å². The zero-order valence-electron chi connectivity index (χ0n) is 24.2. The minimum atomic E-state index is -0.438. The van der Waals surface area contributed by atoms with Crippen molar-refractivity contribution in [1.29, 1.82) is 0 Å². The molecule has 0 unspecified atom stereocenters. The van der Waals surface area contributed by atoms with Crippen LogP contribution in [0, 0.1) is 0 Å². The number of carbonyl (C=O) groups excluding carboxylic acids is 3. The molecule has 41 heavy (non-hydrogen) atoms. The quantitative estimate of drug-likeness (QED) is 0.270. The van der Waals surface area contributed by atoms with Crippen LogP contribution in [0.15, 0.2) is 72.8 Å². The van der Waals surface area contributed by atoms with E-state index in [1.54, 1.807) is 37.1 Å². The number of rotatable bonds is 11. The van der Waals surface area contributed by atoms with Crippen LogP contribution in [0.1, 0.15) is 28.4 Å². The summed E-state index contributed by atoms with van der Waals surface area (Å²) in [7, 11) is 7.73. The molecule has 0 saturated carbocycles. The molecule has 1 aliphatic rings. The molecule has 2 amide bonds. The lowest BCUT2D eigenvalue weighted by Gasteiger charge is -2.23. The van der Waals surface area contributed by atoms with Gasteiger partial charge >= 0.3 is 5.97 Å². The first-order valence-corrected chi connectivity index (χ1v) is 13.6. The number of hydrogen-bond donors (Lipinski definition) is 2. The van der Waals surface area contributed by atoms with Gasteiger partial charge in [0.15, 0.2) is 0 Å². The van der Waals surface area contributed by atoms with Gasteiger partial charge in [0.2, 0.25) is 5.91 Å². The van der Waals surface area contributed by atoms with Gasteiger partial charge in [0, 0.05) is 37.1 Å². The monoisotopic (exact) mass is 555 g/mol. The number of benzene rings is 3. The summed E-state index contributed by atoms with van der Waals surface area (Å²) in [5.41, 5.74) is 5.08. The van der Waals surface area contributed by atoms with Gasteiger partial charge in [0.1, 0.15) is 0 Å². The molecule has 0 radical (unpaired) electrons. The molecule has 9 nitrogen and oxygen atoms in total. The number of fused-ring (bicyclic) bond motifs is 1. The third kappa shape index (κ3) is 7.19. The fraction of sp³-hybridized carbons (Fsp3) is 0.281. The summed E-state index contributed by atoms with van der Waals surface area (Å²) < 4.78 is 5.11. The molecule has 0 fully saturated rings. The molecule has 1 aliphatic heterocycles. The van der Waals surface area contributed by atoms with Crippen LogP contribution in [0.3, 0.4) is 0 Å². The van der Waals surface area contributed by atoms with E-state index in [1.165, 1.54) is 0 Å². The third-order valence-corrected chi connectivity index (χ3v) is 6.82. The van der Waals surface area contributed by atoms with Gasteiger partial charge in [-0.3, -0.25) is 14.5 Å². The molecule has 2 N–H and O–H groups in total. The van der Waals surface area contributed by atoms with E-state index < -0.39 is 5.97 Å². The molecule has 0 spiro atoms. The lowest BCUT2D eigenvalue weighted by Crippen LogP contribution is -2.39. The Hall–Kier alpha value is -4.47. The van der Waals surface area contributed by atoms with Gasteiger partial charge in [0.05, 0.1) is 35.7 Å². The van der Waals surface area contributed by atoms with Crippen molar-refractivity contribution in [3.63, 3.8) is 0 Å². The van der Waals surface area contributed by atoms with E-state index in [1.807, 2.05) is 80.6 Å². The van der Waals surface area contributed by atoms with E-state index >= 15 is 0 Å². The Balaban J connectivity index is 1.59. The molecule has 0 aliphatic carbocycles. The number of nitrogens with zero attached hydrogens (tertiary/aromatic N) is 3. The minimum Gasteiger partial charge on any atom is -0.462 e. The highest BCUT2D eigenvalue weighted by Gasteiger charge is 2.29. The lowest BCUT2D eigenvalue weighted by atomic mass is 9.99. The molecule has 214 valence electrons. The predicted molar refractivity (Wildman–Crippen MR) is 164 cm³/mol. The molecule has 0 bridgehead atoms. The van der Waals surface area contributed by atoms with Crippen LogP contribution in [0.5, 0.6) is 0 Å². The van der Waals surface area contributed by atoms with Gasteiger partial charge < -0.3 is 25.2 Å². The highest BCUT2D eigenvalue weighted by atomic mass is 16.5. The number of esters is 1. The average molecular weight is 556 g/mol. The maximum absolute atomic E-state index is 13.3. The van der Waals surface area contributed by atoms with E-state index in [-0.39, 0.29) is 18.4 Å². The Morgan fingerprint density at radius 3 is 2.24 bits per heavy atom. The van der Waals surface area contributed by atoms with Crippen LogP contribution in [-0.2, 0) is 14.3 Å². The van der Waals surface area contributed by atoms with Crippen molar-refractivity contribution in [2.75, 3.05) is 70.0 Å². The fourth-order valence-electron chi connectivity index (χ4n) is 4.49. The summed E-state index contributed by atoms with van der Waals surface area (Å²) in [6.45, 7) is 4.02. The SMILES string of the molecule is CCOC(=O)c1ccc2c(c1)NC(=O)/C2=C(\Nc1ccc(N(C)C(=O)CN(C)CCN(C)C)cc1)c1ccccc1. The summed E-state index contributed by atoms with van der Waals surface area (Å²) in [4.78, 5) is 44.1. The second-order valence-electron chi connectivity index (χ2n) is 10.2. The predicted octanol–water partition coefficient (Wildman–Crippen LogP) is 4.25. The molecule has 0 aromatic heterocycles. The van der Waals surface area contributed by atoms with Gasteiger partial charge in [-0.25, -0.2) is 4.79 Å². The number of ether oxygens (including phenoxy) is 1. The Labute approximate surface area is 241 Å². The molecule has 3 aromatic rings. The number of nitrogens with one attached hydrogen (secondary N) is 2. The number of anilines is 3. The fourth-order valence-corrected chi connectivity index (χ4v) is 4.49. The van der Waals surface area contributed by atoms with E-state index in [9.17, 15) is 14.4 Å². The Morgan fingerprint density at radius 2 is 1.59 bits per heavy atom. The second kappa shape index (κ2) is 13.3. The number of hydrogen-bond acceptors (Lipinski definition) is 7. The second-order valence-corrected chi connectivity index (χ2v) is 10.2. The first-order valence-electron chi connectivity index (χ1n) is 13.6. The minimum absolute atomic E-state index is 0.000444. The van der Waals surface area contributed by atoms with Crippen molar-refractivity contribution >= 4 is 46.1 Å². The Kier molecular flexibility index (Phi) is 9.54. The first kappa shape index (κ1) is 29.5. The number of amides is 2. The maximum atomic E-state index is 13.3. The van der Waals surface area contributed by atoms with Crippen molar-refractivity contribution in [2.45, 2.75) is 6.92 Å². The molecule has 0 saturated heterocycles. The van der Waals surface area contributed by atoms with E-state index in [4.69, 9.17) is 4.74 Å². The third-order valence-electron chi connectivity index (χ3n) is 6.82. The summed E-state index contributed by atoms with van der Waals surface area (Å²) in [5.74, 6) is -0.708. The van der Waals surface area contributed by atoms with Crippen LogP contribution in [-0.4, -0.2) is 82.0 Å². The van der Waals surface area contributed by atoms with Gasteiger partial charge in [0.25, 0.3) is 5.91 Å². The van der Waals surface area contributed by atoms with E-state index in [2.05, 4.69) is 15.5 Å². The highest BCUT2D eigenvalue weighted by molar-refractivity contribution is 6.37. The van der Waals surface area contributed by atoms with Crippen LogP contribution in [0.2, 0.25) is 0 Å². The summed E-state index contributed by atoms with van der Waals surface area (Å²) in [6.07, 6.45) is 0. The summed E-state index contributed by atoms with van der Waals surface area (Å²) in [5, 5.41) is 6.32. The molecule has 1 heterocycles. The Bertz CT molecular complexity index is 1430. The van der Waals surface area contributed by atoms with Crippen LogP contribution >= 0.6 is 0 Å². The van der Waals surface area contributed by atoms with Crippen LogP contribution in [0.25, 0.3) is 11.3 Å². The largest absolute Gasteiger partial charge is 0.462 e. The van der Waals surface area contributed by atoms with Crippen molar-refractivity contribution in [3.05, 3.63) is 89.5 Å². The zero-order chi connectivity index (χ0) is 29.5. The smallest absolute Gasteiger partial charge is 0.338 e. The van der Waals surface area contributed by atoms with Gasteiger partial charge in [-0.15, -0.1) is 0 Å². The van der Waals surface area contributed by atoms with Crippen molar-refractivity contribution in [2.24, 2.45) is 0 Å². The standard InChI is InChI=1S/C32H37N5O4/c1-6-41-32(40)23-12-17-26-27(20-23)34-31(39)29(26)30(22-10-8-7-9-11-22)33-24-13-15-25(16-14-24)37(5)28(38)21-36(4)19-18-35(2)3/h7-17,20,33H,6,18-19,21H2,1-5H3,(H,34,39)/b30-29-. The lowest BCUT2D eigenvalue weighted by molar-refractivity contribution is -0.119. The topological polar surface area (TPSA) is 94.2 Å². The molecule has 4 rings (SSSR count). The molecule has 9 heteroatoms. The zero-order valence-corrected chi connectivity index (χ0v) is 24.2. The van der Waals surface area contributed by atoms with E-state index in [0.717, 1.165) is 30.0 Å². The van der Waals surface area contributed by atoms with E-state index in [0.29, 0.717) is 34.6 Å². The van der Waals surface area contributed by atoms with Crippen LogP contribution in [0.4, 0.5) is 17.1 Å². The normalized spacial score (nSPS) is 13.6. The number of carbonyl (C=O) groups is 3. The highest BCUT2D eigenvalue weighted by Crippen LogP contribution is 2.38.